The highest BCUT2D eigenvalue weighted by Gasteiger charge is 2.60. The van der Waals surface area contributed by atoms with Crippen molar-refractivity contribution in [1.29, 1.82) is 0 Å². The van der Waals surface area contributed by atoms with Crippen LogP contribution in [-0.4, -0.2) is 50.8 Å². The van der Waals surface area contributed by atoms with E-state index in [2.05, 4.69) is 187 Å². The van der Waals surface area contributed by atoms with Crippen LogP contribution in [0.5, 0.6) is 0 Å². The lowest BCUT2D eigenvalue weighted by atomic mass is 9.45. The zero-order valence-corrected chi connectivity index (χ0v) is 41.1. The number of carbonyl (C=O) groups is 1. The third kappa shape index (κ3) is 9.73. The second kappa shape index (κ2) is 16.7. The number of carbonyl (C=O) groups excluding carboxylic acids is 1. The molecule has 0 saturated carbocycles. The second-order valence-corrected chi connectivity index (χ2v) is 24.2. The van der Waals surface area contributed by atoms with Gasteiger partial charge in [-0.3, -0.25) is 4.79 Å². The Labute approximate surface area is 351 Å². The number of aryl methyl sites for hydroxylation is 1. The molecule has 5 unspecified atom stereocenters. The first-order valence-electron chi connectivity index (χ1n) is 22.2. The van der Waals surface area contributed by atoms with Crippen LogP contribution in [0.3, 0.4) is 0 Å². The quantitative estimate of drug-likeness (QED) is 0.107. The predicted molar refractivity (Wildman–Crippen MR) is 238 cm³/mol. The predicted octanol–water partition coefficient (Wildman–Crippen LogP) is 11.4. The number of aromatic nitrogens is 4. The van der Waals surface area contributed by atoms with Gasteiger partial charge >= 0.3 is 0 Å². The van der Waals surface area contributed by atoms with Crippen LogP contribution < -0.4 is 10.3 Å². The number of amides is 1. The summed E-state index contributed by atoms with van der Waals surface area (Å²) in [5, 5.41) is 0. The first-order chi connectivity index (χ1) is 25.7. The van der Waals surface area contributed by atoms with Crippen LogP contribution >= 0.6 is 0 Å². The molecule has 3 heterocycles. The molecule has 1 saturated heterocycles. The Kier molecular flexibility index (Phi) is 14.4. The minimum atomic E-state index is -0.493. The Morgan fingerprint density at radius 2 is 1.33 bits per heavy atom. The van der Waals surface area contributed by atoms with E-state index in [4.69, 9.17) is 10.5 Å². The maximum atomic E-state index is 13.5. The van der Waals surface area contributed by atoms with Crippen molar-refractivity contribution in [3.8, 4) is 0 Å². The number of hydrogen-bond donors (Lipinski definition) is 1. The molecule has 2 aromatic heterocycles. The zero-order valence-electron chi connectivity index (χ0n) is 41.1. The minimum absolute atomic E-state index is 0.0600. The summed E-state index contributed by atoms with van der Waals surface area (Å²) in [6, 6.07) is 0.591. The van der Waals surface area contributed by atoms with E-state index in [0.29, 0.717) is 18.4 Å². The molecule has 2 aromatic rings. The molecule has 0 radical (unpaired) electrons. The molecular weight excluding hydrogens is 705 g/mol. The number of methoxy groups -OCH3 is 1. The van der Waals surface area contributed by atoms with E-state index in [9.17, 15) is 4.79 Å². The lowest BCUT2D eigenvalue weighted by Gasteiger charge is -2.62. The van der Waals surface area contributed by atoms with Crippen molar-refractivity contribution in [3.63, 3.8) is 0 Å². The van der Waals surface area contributed by atoms with E-state index >= 15 is 0 Å². The fourth-order valence-electron chi connectivity index (χ4n) is 10.4. The van der Waals surface area contributed by atoms with Gasteiger partial charge in [0, 0.05) is 55.4 Å². The largest absolute Gasteiger partial charge is 0.366 e. The maximum absolute atomic E-state index is 13.5. The highest BCUT2D eigenvalue weighted by atomic mass is 16.5. The van der Waals surface area contributed by atoms with E-state index in [1.54, 1.807) is 7.11 Å². The van der Waals surface area contributed by atoms with E-state index in [1.165, 1.54) is 0 Å². The number of likely N-dealkylation sites (tertiary alicyclic amines) is 1. The Morgan fingerprint density at radius 1 is 0.772 bits per heavy atom. The van der Waals surface area contributed by atoms with Gasteiger partial charge in [-0.05, 0) is 70.0 Å². The number of rotatable bonds is 20. The van der Waals surface area contributed by atoms with Crippen molar-refractivity contribution in [1.82, 2.24) is 19.0 Å². The Balaban J connectivity index is 2.12. The molecule has 1 fully saturated rings. The van der Waals surface area contributed by atoms with Gasteiger partial charge in [-0.1, -0.05) is 138 Å². The smallest absolute Gasteiger partial charge is 0.243 e. The second-order valence-electron chi connectivity index (χ2n) is 24.2. The molecule has 1 amide bonds. The summed E-state index contributed by atoms with van der Waals surface area (Å²) in [7, 11) is 3.88. The van der Waals surface area contributed by atoms with Gasteiger partial charge in [0.25, 0.3) is 0 Å². The minimum Gasteiger partial charge on any atom is -0.366 e. The summed E-state index contributed by atoms with van der Waals surface area (Å²) in [6.07, 6.45) is 18.7. The van der Waals surface area contributed by atoms with Gasteiger partial charge in [0.1, 0.15) is 24.7 Å². The molecule has 8 nitrogen and oxygen atoms in total. The summed E-state index contributed by atoms with van der Waals surface area (Å²) in [6.45, 7) is 46.8. The van der Waals surface area contributed by atoms with Gasteiger partial charge in [-0.25, -0.2) is 14.1 Å². The Hall–Kier alpha value is -2.19. The van der Waals surface area contributed by atoms with Gasteiger partial charge in [0.15, 0.2) is 0 Å². The normalized spacial score (nSPS) is 19.1. The van der Waals surface area contributed by atoms with E-state index in [1.807, 2.05) is 12.5 Å². The third-order valence-electron chi connectivity index (χ3n) is 17.6. The molecule has 0 bridgehead atoms. The molecule has 328 valence electrons. The Bertz CT molecular complexity index is 1600. The number of nitrogens with zero attached hydrogens (tertiary/aromatic N) is 5. The summed E-state index contributed by atoms with van der Waals surface area (Å²) in [4.78, 5) is 20.4. The summed E-state index contributed by atoms with van der Waals surface area (Å²) in [5.74, 6) is 0.306. The summed E-state index contributed by atoms with van der Waals surface area (Å²) >= 11 is 0. The van der Waals surface area contributed by atoms with Crippen LogP contribution in [0.1, 0.15) is 189 Å². The third-order valence-corrected chi connectivity index (χ3v) is 17.6. The van der Waals surface area contributed by atoms with Crippen LogP contribution in [0.25, 0.3) is 0 Å². The average molecular weight is 796 g/mol. The van der Waals surface area contributed by atoms with Crippen molar-refractivity contribution in [3.05, 3.63) is 37.4 Å². The van der Waals surface area contributed by atoms with Crippen LogP contribution in [0.4, 0.5) is 0 Å². The standard InChI is InChI=1S/C49H91N6O2/c1-22-42(5,6)30-38(55-26-23-24-39(55)56)47(15,16)45(11,12)33-49(19,40(50)57-21)48(17,18)44(9,10)32-37(53-27-25-51-34-53)46(13,14)43(7,8)31-36(41(2,3)4)54-29-28-52(20)35-54/h25,27-29,34-38,40H,22-24,26,30-33,50H2,1-21H3/q+1. The van der Waals surface area contributed by atoms with Crippen molar-refractivity contribution in [2.45, 2.75) is 201 Å². The monoisotopic (exact) mass is 796 g/mol. The molecule has 0 spiro atoms. The molecule has 8 heteroatoms. The Morgan fingerprint density at radius 3 is 1.77 bits per heavy atom. The van der Waals surface area contributed by atoms with Gasteiger partial charge in [-0.15, -0.1) is 0 Å². The van der Waals surface area contributed by atoms with Gasteiger partial charge < -0.3 is 19.9 Å². The number of imidazole rings is 2. The first kappa shape index (κ1) is 49.2. The first-order valence-corrected chi connectivity index (χ1v) is 22.2. The van der Waals surface area contributed by atoms with Crippen LogP contribution in [0, 0.1) is 48.7 Å². The molecule has 1 aliphatic heterocycles. The fraction of sp³-hybridized carbons (Fsp3) is 0.857. The average Bonchev–Trinajstić information content (AvgIpc) is 3.86. The lowest BCUT2D eigenvalue weighted by molar-refractivity contribution is -0.671. The molecule has 2 N–H and O–H groups in total. The molecule has 0 aliphatic carbocycles. The van der Waals surface area contributed by atoms with Gasteiger partial charge in [0.05, 0.1) is 13.4 Å². The molecule has 5 atom stereocenters. The maximum Gasteiger partial charge on any atom is 0.243 e. The number of ether oxygens (including phenoxy) is 1. The van der Waals surface area contributed by atoms with Crippen molar-refractivity contribution >= 4 is 5.91 Å². The number of hydrogen-bond acceptors (Lipinski definition) is 4. The van der Waals surface area contributed by atoms with E-state index in [0.717, 1.165) is 45.1 Å². The summed E-state index contributed by atoms with van der Waals surface area (Å²) in [5.41, 5.74) is 5.89. The molecule has 3 rings (SSSR count). The van der Waals surface area contributed by atoms with Crippen molar-refractivity contribution < 1.29 is 14.1 Å². The molecule has 1 aliphatic rings. The number of nitrogens with two attached hydrogens (primary N) is 1. The fourth-order valence-corrected chi connectivity index (χ4v) is 10.4. The van der Waals surface area contributed by atoms with E-state index in [-0.39, 0.29) is 55.4 Å². The summed E-state index contributed by atoms with van der Waals surface area (Å²) < 4.78 is 13.2. The highest BCUT2D eigenvalue weighted by molar-refractivity contribution is 5.78. The van der Waals surface area contributed by atoms with Gasteiger partial charge in [-0.2, -0.15) is 0 Å². The topological polar surface area (TPSA) is 82.2 Å². The SMILES string of the molecule is CCC(C)(C)CC(N1CCCC1=O)C(C)(C)C(C)(C)CC(C)(C(N)OC)C(C)(C)C(C)(C)CC(n1ccnc1)C(C)(C)C(C)(C)CC(n1cc[n+](C)c1)C(C)(C)C. The zero-order chi connectivity index (χ0) is 44.0. The molecule has 0 aromatic carbocycles. The molecular formula is C49H91N6O2+. The van der Waals surface area contributed by atoms with Crippen LogP contribution in [0.15, 0.2) is 37.4 Å². The lowest BCUT2D eigenvalue weighted by Crippen LogP contribution is -2.61. The van der Waals surface area contributed by atoms with Crippen LogP contribution in [-0.2, 0) is 16.6 Å². The highest BCUT2D eigenvalue weighted by Crippen LogP contribution is 2.64. The van der Waals surface area contributed by atoms with Gasteiger partial charge in [0.2, 0.25) is 12.2 Å². The van der Waals surface area contributed by atoms with E-state index < -0.39 is 11.6 Å². The van der Waals surface area contributed by atoms with Crippen molar-refractivity contribution in [2.75, 3.05) is 13.7 Å². The van der Waals surface area contributed by atoms with Crippen molar-refractivity contribution in [2.24, 2.45) is 61.5 Å². The van der Waals surface area contributed by atoms with Crippen LogP contribution in [0.2, 0.25) is 0 Å². The molecule has 57 heavy (non-hydrogen) atoms.